The lowest BCUT2D eigenvalue weighted by molar-refractivity contribution is 0.0244. The molecule has 0 aliphatic carbocycles. The second-order valence-electron chi connectivity index (χ2n) is 9.65. The number of esters is 1. The highest BCUT2D eigenvalue weighted by Gasteiger charge is 2.21. The van der Waals surface area contributed by atoms with Gasteiger partial charge in [-0.3, -0.25) is 0 Å². The minimum atomic E-state index is -1.10. The molecule has 0 aliphatic rings. The molecule has 1 N–H and O–H groups in total. The Labute approximate surface area is 189 Å². The lowest BCUT2D eigenvalue weighted by Crippen LogP contribution is -2.20. The second kappa shape index (κ2) is 15.9. The summed E-state index contributed by atoms with van der Waals surface area (Å²) in [6.07, 6.45) is 13.4. The van der Waals surface area contributed by atoms with E-state index in [9.17, 15) is 14.7 Å². The number of rotatable bonds is 17. The van der Waals surface area contributed by atoms with E-state index in [4.69, 9.17) is 4.74 Å². The fourth-order valence-electron chi connectivity index (χ4n) is 3.88. The zero-order valence-electron chi connectivity index (χ0n) is 20.2. The Hall–Kier alpha value is -1.84. The smallest absolute Gasteiger partial charge is 0.339 e. The van der Waals surface area contributed by atoms with Gasteiger partial charge in [0.1, 0.15) is 6.10 Å². The predicted octanol–water partition coefficient (Wildman–Crippen LogP) is 7.90. The molecule has 0 heterocycles. The van der Waals surface area contributed by atoms with Gasteiger partial charge in [-0.2, -0.15) is 0 Å². The van der Waals surface area contributed by atoms with E-state index < -0.39 is 11.9 Å². The van der Waals surface area contributed by atoms with Crippen LogP contribution in [-0.4, -0.2) is 23.1 Å². The standard InChI is InChI=1S/C27H44O4/c1-21(2)15-9-5-7-11-17-23(18-12-8-6-10-16-22(3)4)31-27(30)25-20-14-13-19-24(25)26(28)29/h13-14,19-23H,5-12,15-18H2,1-4H3,(H,28,29). The van der Waals surface area contributed by atoms with Crippen molar-refractivity contribution in [3.63, 3.8) is 0 Å². The van der Waals surface area contributed by atoms with E-state index in [1.165, 1.54) is 44.6 Å². The number of benzene rings is 1. The van der Waals surface area contributed by atoms with Crippen molar-refractivity contribution in [2.45, 2.75) is 111 Å². The second-order valence-corrected chi connectivity index (χ2v) is 9.65. The molecule has 0 amide bonds. The number of carboxylic acid groups (broad SMARTS) is 1. The van der Waals surface area contributed by atoms with Crippen molar-refractivity contribution in [3.05, 3.63) is 35.4 Å². The van der Waals surface area contributed by atoms with Crippen molar-refractivity contribution in [2.75, 3.05) is 0 Å². The summed E-state index contributed by atoms with van der Waals surface area (Å²) >= 11 is 0. The van der Waals surface area contributed by atoms with E-state index in [0.29, 0.717) is 0 Å². The zero-order chi connectivity index (χ0) is 23.1. The Morgan fingerprint density at radius 3 is 1.55 bits per heavy atom. The van der Waals surface area contributed by atoms with Crippen molar-refractivity contribution >= 4 is 11.9 Å². The Balaban J connectivity index is 2.56. The number of carbonyl (C=O) groups excluding carboxylic acids is 1. The van der Waals surface area contributed by atoms with Crippen LogP contribution in [0.1, 0.15) is 125 Å². The van der Waals surface area contributed by atoms with Gasteiger partial charge in [0.2, 0.25) is 0 Å². The molecule has 0 fully saturated rings. The quantitative estimate of drug-likeness (QED) is 0.201. The number of carboxylic acids is 1. The predicted molar refractivity (Wildman–Crippen MR) is 128 cm³/mol. The topological polar surface area (TPSA) is 63.6 Å². The van der Waals surface area contributed by atoms with E-state index in [1.54, 1.807) is 18.2 Å². The van der Waals surface area contributed by atoms with Crippen LogP contribution in [0.25, 0.3) is 0 Å². The molecule has 1 aromatic rings. The number of aromatic carboxylic acids is 1. The normalized spacial score (nSPS) is 11.5. The van der Waals surface area contributed by atoms with Gasteiger partial charge in [-0.05, 0) is 49.7 Å². The SMILES string of the molecule is CC(C)CCCCCCC(CCCCCCC(C)C)OC(=O)c1ccccc1C(=O)O. The molecule has 0 radical (unpaired) electrons. The largest absolute Gasteiger partial charge is 0.478 e. The molecule has 0 aromatic heterocycles. The van der Waals surface area contributed by atoms with Crippen LogP contribution in [0.4, 0.5) is 0 Å². The molecule has 176 valence electrons. The van der Waals surface area contributed by atoms with Gasteiger partial charge in [-0.1, -0.05) is 91.2 Å². The minimum absolute atomic E-state index is 0.00798. The van der Waals surface area contributed by atoms with Gasteiger partial charge in [-0.25, -0.2) is 9.59 Å². The lowest BCUT2D eigenvalue weighted by atomic mass is 9.99. The number of hydrogen-bond acceptors (Lipinski definition) is 3. The highest BCUT2D eigenvalue weighted by Crippen LogP contribution is 2.20. The average molecular weight is 433 g/mol. The van der Waals surface area contributed by atoms with E-state index in [1.807, 2.05) is 0 Å². The van der Waals surface area contributed by atoms with Crippen LogP contribution in [-0.2, 0) is 4.74 Å². The number of carbonyl (C=O) groups is 2. The Morgan fingerprint density at radius 2 is 1.13 bits per heavy atom. The Kier molecular flexibility index (Phi) is 13.9. The van der Waals surface area contributed by atoms with E-state index in [2.05, 4.69) is 27.7 Å². The van der Waals surface area contributed by atoms with Crippen LogP contribution in [0.2, 0.25) is 0 Å². The first kappa shape index (κ1) is 27.2. The number of ether oxygens (including phenoxy) is 1. The number of unbranched alkanes of at least 4 members (excludes halogenated alkanes) is 6. The molecule has 0 unspecified atom stereocenters. The van der Waals surface area contributed by atoms with Crippen LogP contribution in [0.5, 0.6) is 0 Å². The van der Waals surface area contributed by atoms with Crippen molar-refractivity contribution in [2.24, 2.45) is 11.8 Å². The van der Waals surface area contributed by atoms with E-state index in [0.717, 1.165) is 50.4 Å². The van der Waals surface area contributed by atoms with Crippen molar-refractivity contribution in [3.8, 4) is 0 Å². The maximum Gasteiger partial charge on any atom is 0.339 e. The summed E-state index contributed by atoms with van der Waals surface area (Å²) in [5, 5.41) is 9.37. The van der Waals surface area contributed by atoms with Gasteiger partial charge in [0.15, 0.2) is 0 Å². The Morgan fingerprint density at radius 1 is 0.710 bits per heavy atom. The minimum Gasteiger partial charge on any atom is -0.478 e. The molecule has 1 aromatic carbocycles. The first-order valence-electron chi connectivity index (χ1n) is 12.3. The van der Waals surface area contributed by atoms with Gasteiger partial charge in [0.25, 0.3) is 0 Å². The van der Waals surface area contributed by atoms with Crippen LogP contribution in [0, 0.1) is 11.8 Å². The molecule has 0 aliphatic heterocycles. The molecular weight excluding hydrogens is 388 g/mol. The average Bonchev–Trinajstić information content (AvgIpc) is 2.72. The molecule has 0 atom stereocenters. The first-order valence-corrected chi connectivity index (χ1v) is 12.3. The highest BCUT2D eigenvalue weighted by atomic mass is 16.5. The van der Waals surface area contributed by atoms with Gasteiger partial charge >= 0.3 is 11.9 Å². The Bertz CT molecular complexity index is 616. The van der Waals surface area contributed by atoms with Crippen molar-refractivity contribution in [1.29, 1.82) is 0 Å². The van der Waals surface area contributed by atoms with E-state index >= 15 is 0 Å². The monoisotopic (exact) mass is 432 g/mol. The lowest BCUT2D eigenvalue weighted by Gasteiger charge is -2.19. The molecule has 31 heavy (non-hydrogen) atoms. The molecule has 0 saturated heterocycles. The summed E-state index contributed by atoms with van der Waals surface area (Å²) in [6.45, 7) is 9.02. The third kappa shape index (κ3) is 12.6. The van der Waals surface area contributed by atoms with Gasteiger partial charge < -0.3 is 9.84 Å². The first-order chi connectivity index (χ1) is 14.8. The molecule has 1 rings (SSSR count). The van der Waals surface area contributed by atoms with E-state index in [-0.39, 0.29) is 17.2 Å². The summed E-state index contributed by atoms with van der Waals surface area (Å²) in [6, 6.07) is 6.31. The molecule has 0 spiro atoms. The third-order valence-corrected chi connectivity index (χ3v) is 5.77. The molecular formula is C27H44O4. The molecule has 0 bridgehead atoms. The zero-order valence-corrected chi connectivity index (χ0v) is 20.2. The molecule has 0 saturated carbocycles. The van der Waals surface area contributed by atoms with Gasteiger partial charge in [-0.15, -0.1) is 0 Å². The molecule has 4 nitrogen and oxygen atoms in total. The summed E-state index contributed by atoms with van der Waals surface area (Å²) in [7, 11) is 0. The fourth-order valence-corrected chi connectivity index (χ4v) is 3.88. The maximum absolute atomic E-state index is 12.7. The highest BCUT2D eigenvalue weighted by molar-refractivity contribution is 6.02. The summed E-state index contributed by atoms with van der Waals surface area (Å²) in [4.78, 5) is 24.2. The van der Waals surface area contributed by atoms with Crippen LogP contribution < -0.4 is 0 Å². The van der Waals surface area contributed by atoms with Crippen LogP contribution in [0.3, 0.4) is 0 Å². The number of hydrogen-bond donors (Lipinski definition) is 1. The van der Waals surface area contributed by atoms with Crippen molar-refractivity contribution < 1.29 is 19.4 Å². The summed E-state index contributed by atoms with van der Waals surface area (Å²) < 4.78 is 5.81. The van der Waals surface area contributed by atoms with Crippen molar-refractivity contribution in [1.82, 2.24) is 0 Å². The fraction of sp³-hybridized carbons (Fsp3) is 0.704. The summed E-state index contributed by atoms with van der Waals surface area (Å²) in [5.74, 6) is -0.112. The summed E-state index contributed by atoms with van der Waals surface area (Å²) in [5.41, 5.74) is 0.155. The third-order valence-electron chi connectivity index (χ3n) is 5.77. The van der Waals surface area contributed by atoms with Crippen LogP contribution in [0.15, 0.2) is 24.3 Å². The van der Waals surface area contributed by atoms with Gasteiger partial charge in [0.05, 0.1) is 11.1 Å². The van der Waals surface area contributed by atoms with Crippen LogP contribution >= 0.6 is 0 Å². The maximum atomic E-state index is 12.7. The van der Waals surface area contributed by atoms with Gasteiger partial charge in [0, 0.05) is 0 Å². The molecule has 4 heteroatoms.